The molecule has 0 aliphatic heterocycles. The number of carboxylic acid groups (broad SMARTS) is 1. The van der Waals surface area contributed by atoms with Crippen LogP contribution in [0.25, 0.3) is 10.9 Å². The Morgan fingerprint density at radius 2 is 2.00 bits per heavy atom. The number of fused-ring (bicyclic) bond motifs is 1. The van der Waals surface area contributed by atoms with Crippen LogP contribution in [0.3, 0.4) is 0 Å². The van der Waals surface area contributed by atoms with E-state index in [9.17, 15) is 9.59 Å². The molecule has 2 rings (SSSR count). The Labute approximate surface area is 97.3 Å². The number of hydrogen-bond acceptors (Lipinski definition) is 2. The summed E-state index contributed by atoms with van der Waals surface area (Å²) in [4.78, 5) is 25.0. The van der Waals surface area contributed by atoms with Crippen molar-refractivity contribution in [1.82, 2.24) is 4.98 Å². The summed E-state index contributed by atoms with van der Waals surface area (Å²) in [5, 5.41) is 9.27. The van der Waals surface area contributed by atoms with Gasteiger partial charge in [-0.15, -0.1) is 12.4 Å². The predicted octanol–water partition coefficient (Wildman–Crippen LogP) is 1.96. The van der Waals surface area contributed by atoms with E-state index in [4.69, 9.17) is 5.11 Å². The maximum atomic E-state index is 11.5. The number of hydrogen-bond donors (Lipinski definition) is 2. The van der Waals surface area contributed by atoms with Crippen molar-refractivity contribution in [2.75, 3.05) is 0 Å². The minimum absolute atomic E-state index is 0. The number of nitrogens with one attached hydrogen (secondary N) is 1. The minimum atomic E-state index is -1.13. The van der Waals surface area contributed by atoms with Gasteiger partial charge in [-0.05, 0) is 24.6 Å². The largest absolute Gasteiger partial charge is 0.477 e. The Morgan fingerprint density at radius 3 is 2.62 bits per heavy atom. The number of aromatic amines is 1. The molecule has 0 saturated heterocycles. The Balaban J connectivity index is 0.00000128. The van der Waals surface area contributed by atoms with Crippen LogP contribution in [-0.4, -0.2) is 16.1 Å². The lowest BCUT2D eigenvalue weighted by Gasteiger charge is -2.01. The van der Waals surface area contributed by atoms with Crippen LogP contribution in [-0.2, 0) is 0 Å². The first-order valence-electron chi connectivity index (χ1n) is 4.45. The highest BCUT2D eigenvalue weighted by molar-refractivity contribution is 5.89. The summed E-state index contributed by atoms with van der Waals surface area (Å²) in [6.45, 7) is 1.88. The number of aromatic carboxylic acids is 1. The van der Waals surface area contributed by atoms with Gasteiger partial charge in [-0.1, -0.05) is 6.07 Å². The third-order valence-corrected chi connectivity index (χ3v) is 2.22. The van der Waals surface area contributed by atoms with Gasteiger partial charge in [-0.3, -0.25) is 4.79 Å². The molecule has 2 aromatic rings. The molecular weight excluding hydrogens is 230 g/mol. The van der Waals surface area contributed by atoms with Crippen LogP contribution in [0.2, 0.25) is 0 Å². The normalized spacial score (nSPS) is 9.81. The van der Waals surface area contributed by atoms with Crippen molar-refractivity contribution < 1.29 is 9.90 Å². The lowest BCUT2D eigenvalue weighted by molar-refractivity contribution is 0.0691. The molecule has 5 heteroatoms. The highest BCUT2D eigenvalue weighted by Crippen LogP contribution is 2.10. The summed E-state index contributed by atoms with van der Waals surface area (Å²) in [5.74, 6) is -1.13. The highest BCUT2D eigenvalue weighted by Gasteiger charge is 2.07. The van der Waals surface area contributed by atoms with Gasteiger partial charge in [0.15, 0.2) is 5.43 Å². The van der Waals surface area contributed by atoms with Gasteiger partial charge < -0.3 is 10.1 Å². The highest BCUT2D eigenvalue weighted by atomic mass is 35.5. The van der Waals surface area contributed by atoms with Crippen LogP contribution in [0.1, 0.15) is 16.1 Å². The lowest BCUT2D eigenvalue weighted by Crippen LogP contribution is -2.09. The van der Waals surface area contributed by atoms with Crippen LogP contribution in [0.4, 0.5) is 0 Å². The Hall–Kier alpha value is -1.81. The zero-order chi connectivity index (χ0) is 11.0. The van der Waals surface area contributed by atoms with Crippen LogP contribution in [0.5, 0.6) is 0 Å². The van der Waals surface area contributed by atoms with Crippen LogP contribution in [0, 0.1) is 6.92 Å². The standard InChI is InChI=1S/C11H9NO3.ClH/c1-6-2-3-7-8(4-6)12-9(11(14)15)5-10(7)13;/h2-5H,1H3,(H,12,13)(H,14,15);1H. The molecule has 0 unspecified atom stereocenters. The van der Waals surface area contributed by atoms with E-state index in [1.54, 1.807) is 12.1 Å². The van der Waals surface area contributed by atoms with Gasteiger partial charge in [0.1, 0.15) is 5.69 Å². The van der Waals surface area contributed by atoms with Gasteiger partial charge in [0.2, 0.25) is 0 Å². The van der Waals surface area contributed by atoms with E-state index in [2.05, 4.69) is 4.98 Å². The molecule has 1 heterocycles. The molecule has 84 valence electrons. The monoisotopic (exact) mass is 239 g/mol. The molecule has 1 aromatic heterocycles. The van der Waals surface area contributed by atoms with Crippen molar-refractivity contribution in [3.8, 4) is 0 Å². The average molecular weight is 240 g/mol. The molecule has 0 bridgehead atoms. The zero-order valence-electron chi connectivity index (χ0n) is 8.48. The lowest BCUT2D eigenvalue weighted by atomic mass is 10.1. The third kappa shape index (κ3) is 2.06. The molecule has 2 N–H and O–H groups in total. The molecule has 0 aliphatic carbocycles. The summed E-state index contributed by atoms with van der Waals surface area (Å²) in [6.07, 6.45) is 0. The van der Waals surface area contributed by atoms with Crippen molar-refractivity contribution in [3.63, 3.8) is 0 Å². The Bertz CT molecular complexity index is 604. The summed E-state index contributed by atoms with van der Waals surface area (Å²) in [5.41, 5.74) is 1.17. The van der Waals surface area contributed by atoms with E-state index in [-0.39, 0.29) is 23.5 Å². The van der Waals surface area contributed by atoms with Gasteiger partial charge in [0.05, 0.1) is 5.52 Å². The SMILES string of the molecule is Cc1ccc2c(=O)cc(C(=O)O)[nH]c2c1.Cl. The number of H-pyrrole nitrogens is 1. The van der Waals surface area contributed by atoms with Gasteiger partial charge in [-0.2, -0.15) is 0 Å². The molecule has 0 spiro atoms. The molecule has 0 aliphatic rings. The molecule has 1 aromatic carbocycles. The van der Waals surface area contributed by atoms with Crippen molar-refractivity contribution in [2.45, 2.75) is 6.92 Å². The molecule has 0 fully saturated rings. The maximum Gasteiger partial charge on any atom is 0.352 e. The third-order valence-electron chi connectivity index (χ3n) is 2.22. The molecular formula is C11H10ClNO3. The minimum Gasteiger partial charge on any atom is -0.477 e. The quantitative estimate of drug-likeness (QED) is 0.799. The van der Waals surface area contributed by atoms with Gasteiger partial charge in [0, 0.05) is 11.5 Å². The first-order chi connectivity index (χ1) is 7.08. The summed E-state index contributed by atoms with van der Waals surface area (Å²) in [6, 6.07) is 6.36. The second-order valence-corrected chi connectivity index (χ2v) is 3.40. The second-order valence-electron chi connectivity index (χ2n) is 3.40. The van der Waals surface area contributed by atoms with Crippen LogP contribution < -0.4 is 5.43 Å². The van der Waals surface area contributed by atoms with Crippen LogP contribution in [0.15, 0.2) is 29.1 Å². The fraction of sp³-hybridized carbons (Fsp3) is 0.0909. The van der Waals surface area contributed by atoms with E-state index in [1.165, 1.54) is 0 Å². The number of aromatic nitrogens is 1. The number of rotatable bonds is 1. The van der Waals surface area contributed by atoms with E-state index in [0.717, 1.165) is 11.6 Å². The molecule has 0 amide bonds. The number of carbonyl (C=O) groups is 1. The fourth-order valence-electron chi connectivity index (χ4n) is 1.48. The van der Waals surface area contributed by atoms with Crippen molar-refractivity contribution in [3.05, 3.63) is 45.7 Å². The Morgan fingerprint density at radius 1 is 1.31 bits per heavy atom. The number of pyridine rings is 1. The number of benzene rings is 1. The van der Waals surface area contributed by atoms with Crippen molar-refractivity contribution in [2.24, 2.45) is 0 Å². The second kappa shape index (κ2) is 4.37. The molecule has 0 atom stereocenters. The number of halogens is 1. The van der Waals surface area contributed by atoms with E-state index >= 15 is 0 Å². The Kier molecular flexibility index (Phi) is 3.34. The van der Waals surface area contributed by atoms with E-state index < -0.39 is 5.97 Å². The predicted molar refractivity (Wildman–Crippen MR) is 63.5 cm³/mol. The van der Waals surface area contributed by atoms with Crippen molar-refractivity contribution in [1.29, 1.82) is 0 Å². The summed E-state index contributed by atoms with van der Waals surface area (Å²) < 4.78 is 0. The first kappa shape index (κ1) is 12.3. The van der Waals surface area contributed by atoms with Gasteiger partial charge in [-0.25, -0.2) is 4.79 Å². The van der Waals surface area contributed by atoms with Gasteiger partial charge >= 0.3 is 5.97 Å². The molecule has 0 saturated carbocycles. The zero-order valence-corrected chi connectivity index (χ0v) is 9.30. The first-order valence-corrected chi connectivity index (χ1v) is 4.45. The maximum absolute atomic E-state index is 11.5. The smallest absolute Gasteiger partial charge is 0.352 e. The molecule has 4 nitrogen and oxygen atoms in total. The number of carboxylic acids is 1. The fourth-order valence-corrected chi connectivity index (χ4v) is 1.48. The van der Waals surface area contributed by atoms with E-state index in [1.807, 2.05) is 13.0 Å². The van der Waals surface area contributed by atoms with E-state index in [0.29, 0.717) is 10.9 Å². The van der Waals surface area contributed by atoms with Gasteiger partial charge in [0.25, 0.3) is 0 Å². The van der Waals surface area contributed by atoms with Crippen LogP contribution >= 0.6 is 12.4 Å². The number of aryl methyl sites for hydroxylation is 1. The average Bonchev–Trinajstić information content (AvgIpc) is 2.16. The van der Waals surface area contributed by atoms with Crippen molar-refractivity contribution >= 4 is 29.3 Å². The summed E-state index contributed by atoms with van der Waals surface area (Å²) in [7, 11) is 0. The molecule has 0 radical (unpaired) electrons. The summed E-state index contributed by atoms with van der Waals surface area (Å²) >= 11 is 0. The molecule has 16 heavy (non-hydrogen) atoms. The topological polar surface area (TPSA) is 70.2 Å².